The number of ether oxygens (including phenoxy) is 2. The normalized spacial score (nSPS) is 17.9. The summed E-state index contributed by atoms with van der Waals surface area (Å²) in [7, 11) is -1.66. The van der Waals surface area contributed by atoms with Crippen LogP contribution in [0.25, 0.3) is 0 Å². The second kappa shape index (κ2) is 8.60. The summed E-state index contributed by atoms with van der Waals surface area (Å²) >= 11 is 0. The molecule has 1 amide bonds. The molecular formula is C20H22FNO5S. The Labute approximate surface area is 163 Å². The van der Waals surface area contributed by atoms with Gasteiger partial charge in [0.25, 0.3) is 5.91 Å². The van der Waals surface area contributed by atoms with Gasteiger partial charge in [-0.05, 0) is 36.2 Å². The SMILES string of the molecule is COc1ccccc1OCC(=O)N(Cc1ccc(F)cc1)[C@H]1CCS(=O)(=O)C1. The Morgan fingerprint density at radius 1 is 1.14 bits per heavy atom. The van der Waals surface area contributed by atoms with E-state index in [9.17, 15) is 17.6 Å². The van der Waals surface area contributed by atoms with Crippen molar-refractivity contribution in [3.05, 3.63) is 59.9 Å². The standard InChI is InChI=1S/C20H22FNO5S/c1-26-18-4-2-3-5-19(18)27-13-20(23)22(17-10-11-28(24,25)14-17)12-15-6-8-16(21)9-7-15/h2-9,17H,10-14H2,1H3/t17-/m0/s1. The van der Waals surface area contributed by atoms with Crippen LogP contribution < -0.4 is 9.47 Å². The van der Waals surface area contributed by atoms with Gasteiger partial charge in [-0.25, -0.2) is 12.8 Å². The molecule has 1 aliphatic heterocycles. The summed E-state index contributed by atoms with van der Waals surface area (Å²) in [6.07, 6.45) is 0.379. The molecule has 0 aliphatic carbocycles. The number of nitrogens with zero attached hydrogens (tertiary/aromatic N) is 1. The lowest BCUT2D eigenvalue weighted by atomic mass is 10.1. The smallest absolute Gasteiger partial charge is 0.261 e. The summed E-state index contributed by atoms with van der Waals surface area (Å²) in [4.78, 5) is 14.4. The minimum absolute atomic E-state index is 0.0538. The van der Waals surface area contributed by atoms with E-state index in [4.69, 9.17) is 9.47 Å². The van der Waals surface area contributed by atoms with Crippen LogP contribution in [0.2, 0.25) is 0 Å². The van der Waals surface area contributed by atoms with E-state index in [1.165, 1.54) is 24.1 Å². The maximum Gasteiger partial charge on any atom is 0.261 e. The molecule has 0 spiro atoms. The van der Waals surface area contributed by atoms with Gasteiger partial charge in [-0.2, -0.15) is 0 Å². The fraction of sp³-hybridized carbons (Fsp3) is 0.350. The average Bonchev–Trinajstić information content (AvgIpc) is 3.05. The number of sulfone groups is 1. The molecule has 0 N–H and O–H groups in total. The molecule has 150 valence electrons. The van der Waals surface area contributed by atoms with Crippen molar-refractivity contribution in [1.82, 2.24) is 4.90 Å². The van der Waals surface area contributed by atoms with Crippen LogP contribution in [0.5, 0.6) is 11.5 Å². The van der Waals surface area contributed by atoms with Crippen LogP contribution in [0, 0.1) is 5.82 Å². The molecule has 8 heteroatoms. The van der Waals surface area contributed by atoms with E-state index in [0.717, 1.165) is 5.56 Å². The first-order valence-corrected chi connectivity index (χ1v) is 10.7. The third kappa shape index (κ3) is 5.01. The van der Waals surface area contributed by atoms with Crippen molar-refractivity contribution in [3.8, 4) is 11.5 Å². The highest BCUT2D eigenvalue weighted by molar-refractivity contribution is 7.91. The minimum Gasteiger partial charge on any atom is -0.493 e. The van der Waals surface area contributed by atoms with Crippen LogP contribution in [-0.4, -0.2) is 50.5 Å². The predicted molar refractivity (Wildman–Crippen MR) is 102 cm³/mol. The van der Waals surface area contributed by atoms with Crippen LogP contribution in [0.3, 0.4) is 0 Å². The number of benzene rings is 2. The summed E-state index contributed by atoms with van der Waals surface area (Å²) in [5.74, 6) is 0.206. The number of methoxy groups -OCH3 is 1. The van der Waals surface area contributed by atoms with Crippen LogP contribution in [0.15, 0.2) is 48.5 Å². The first-order chi connectivity index (χ1) is 13.4. The van der Waals surface area contributed by atoms with Gasteiger partial charge in [0.1, 0.15) is 5.82 Å². The predicted octanol–water partition coefficient (Wildman–Crippen LogP) is 2.43. The molecule has 1 aliphatic rings. The maximum absolute atomic E-state index is 13.2. The first-order valence-electron chi connectivity index (χ1n) is 8.88. The summed E-state index contributed by atoms with van der Waals surface area (Å²) in [6, 6.07) is 12.3. The van der Waals surface area contributed by atoms with Crippen LogP contribution in [-0.2, 0) is 21.2 Å². The zero-order valence-electron chi connectivity index (χ0n) is 15.5. The molecule has 0 aromatic heterocycles. The zero-order chi connectivity index (χ0) is 20.1. The van der Waals surface area contributed by atoms with E-state index in [2.05, 4.69) is 0 Å². The van der Waals surface area contributed by atoms with E-state index >= 15 is 0 Å². The van der Waals surface area contributed by atoms with Gasteiger partial charge in [0.05, 0.1) is 18.6 Å². The number of para-hydroxylation sites is 2. The molecule has 3 rings (SSSR count). The molecule has 6 nitrogen and oxygen atoms in total. The highest BCUT2D eigenvalue weighted by atomic mass is 32.2. The van der Waals surface area contributed by atoms with E-state index in [0.29, 0.717) is 17.9 Å². The van der Waals surface area contributed by atoms with E-state index in [1.54, 1.807) is 36.4 Å². The van der Waals surface area contributed by atoms with Gasteiger partial charge in [0.2, 0.25) is 0 Å². The van der Waals surface area contributed by atoms with E-state index < -0.39 is 15.9 Å². The summed E-state index contributed by atoms with van der Waals surface area (Å²) in [5.41, 5.74) is 0.719. The molecule has 28 heavy (non-hydrogen) atoms. The van der Waals surface area contributed by atoms with Crippen molar-refractivity contribution in [1.29, 1.82) is 0 Å². The maximum atomic E-state index is 13.2. The van der Waals surface area contributed by atoms with Crippen molar-refractivity contribution in [2.45, 2.75) is 19.0 Å². The van der Waals surface area contributed by atoms with Gasteiger partial charge < -0.3 is 14.4 Å². The highest BCUT2D eigenvalue weighted by Gasteiger charge is 2.34. The molecule has 0 unspecified atom stereocenters. The second-order valence-electron chi connectivity index (χ2n) is 6.64. The van der Waals surface area contributed by atoms with Crippen LogP contribution in [0.1, 0.15) is 12.0 Å². The summed E-state index contributed by atoms with van der Waals surface area (Å²) in [5, 5.41) is 0. The van der Waals surface area contributed by atoms with Crippen molar-refractivity contribution in [3.63, 3.8) is 0 Å². The van der Waals surface area contributed by atoms with Gasteiger partial charge in [0.15, 0.2) is 27.9 Å². The number of rotatable bonds is 7. The Morgan fingerprint density at radius 2 is 1.82 bits per heavy atom. The second-order valence-corrected chi connectivity index (χ2v) is 8.87. The summed E-state index contributed by atoms with van der Waals surface area (Å²) < 4.78 is 47.8. The number of amides is 1. The highest BCUT2D eigenvalue weighted by Crippen LogP contribution is 2.26. The zero-order valence-corrected chi connectivity index (χ0v) is 16.3. The van der Waals surface area contributed by atoms with Crippen molar-refractivity contribution in [2.75, 3.05) is 25.2 Å². The van der Waals surface area contributed by atoms with Gasteiger partial charge >= 0.3 is 0 Å². The number of carbonyl (C=O) groups is 1. The Bertz CT molecular complexity index is 930. The molecule has 1 atom stereocenters. The molecule has 1 saturated heterocycles. The van der Waals surface area contributed by atoms with Crippen LogP contribution >= 0.6 is 0 Å². The number of hydrogen-bond donors (Lipinski definition) is 0. The molecule has 1 fully saturated rings. The third-order valence-electron chi connectivity index (χ3n) is 4.66. The lowest BCUT2D eigenvalue weighted by Crippen LogP contribution is -2.43. The van der Waals surface area contributed by atoms with Crippen molar-refractivity contribution in [2.24, 2.45) is 0 Å². The molecule has 2 aromatic rings. The lowest BCUT2D eigenvalue weighted by Gasteiger charge is -2.28. The fourth-order valence-electron chi connectivity index (χ4n) is 3.19. The Balaban J connectivity index is 1.75. The number of hydrogen-bond acceptors (Lipinski definition) is 5. The van der Waals surface area contributed by atoms with Crippen molar-refractivity contribution >= 4 is 15.7 Å². The van der Waals surface area contributed by atoms with Gasteiger partial charge in [-0.15, -0.1) is 0 Å². The minimum atomic E-state index is -3.17. The first kappa shape index (κ1) is 20.1. The monoisotopic (exact) mass is 407 g/mol. The van der Waals surface area contributed by atoms with Gasteiger partial charge in [0, 0.05) is 12.6 Å². The van der Waals surface area contributed by atoms with Gasteiger partial charge in [-0.3, -0.25) is 4.79 Å². The van der Waals surface area contributed by atoms with Crippen LogP contribution in [0.4, 0.5) is 4.39 Å². The van der Waals surface area contributed by atoms with Crippen molar-refractivity contribution < 1.29 is 27.1 Å². The Morgan fingerprint density at radius 3 is 2.43 bits per heavy atom. The summed E-state index contributed by atoms with van der Waals surface area (Å²) in [6.45, 7) is -0.0628. The quantitative estimate of drug-likeness (QED) is 0.705. The lowest BCUT2D eigenvalue weighted by molar-refractivity contribution is -0.136. The number of halogens is 1. The van der Waals surface area contributed by atoms with Gasteiger partial charge in [-0.1, -0.05) is 24.3 Å². The molecule has 0 radical (unpaired) electrons. The van der Waals surface area contributed by atoms with E-state index in [1.807, 2.05) is 0 Å². The molecule has 1 heterocycles. The molecule has 0 saturated carbocycles. The largest absolute Gasteiger partial charge is 0.493 e. The fourth-order valence-corrected chi connectivity index (χ4v) is 4.92. The third-order valence-corrected chi connectivity index (χ3v) is 6.41. The Hall–Kier alpha value is -2.61. The molecule has 2 aromatic carbocycles. The molecule has 0 bridgehead atoms. The topological polar surface area (TPSA) is 72.9 Å². The van der Waals surface area contributed by atoms with E-state index in [-0.39, 0.29) is 36.4 Å². The number of carbonyl (C=O) groups excluding carboxylic acids is 1. The molecular weight excluding hydrogens is 385 g/mol. The Kier molecular flexibility index (Phi) is 6.18. The average molecular weight is 407 g/mol.